The van der Waals surface area contributed by atoms with Gasteiger partial charge in [-0.05, 0) is 24.3 Å². The number of hydrogen-bond acceptors (Lipinski definition) is 5. The normalized spacial score (nSPS) is 9.78. The van der Waals surface area contributed by atoms with Gasteiger partial charge in [0, 0.05) is 17.7 Å². The van der Waals surface area contributed by atoms with E-state index in [1.807, 2.05) is 0 Å². The second kappa shape index (κ2) is 7.03. The van der Waals surface area contributed by atoms with E-state index in [9.17, 15) is 19.7 Å². The highest BCUT2D eigenvalue weighted by atomic mass is 16.6. The molecule has 0 saturated heterocycles. The molecule has 2 aromatic rings. The Kier molecular flexibility index (Phi) is 4.88. The molecule has 118 valence electrons. The Hall–Kier alpha value is -3.42. The van der Waals surface area contributed by atoms with Gasteiger partial charge in [0.15, 0.2) is 0 Å². The first-order valence-electron chi connectivity index (χ1n) is 6.51. The molecule has 0 fully saturated rings. The molecule has 0 bridgehead atoms. The lowest BCUT2D eigenvalue weighted by molar-refractivity contribution is -0.384. The standard InChI is InChI=1S/C15H13N3O5/c1-23-13-5-3-2-4-12(13)15(20)17-16-14(19)10-6-8-11(9-7-10)18(21)22/h2-9H,1H3,(H,16,19)(H,17,20). The van der Waals surface area contributed by atoms with Crippen LogP contribution in [0.3, 0.4) is 0 Å². The van der Waals surface area contributed by atoms with Crippen molar-refractivity contribution in [3.63, 3.8) is 0 Å². The molecule has 2 amide bonds. The average molecular weight is 315 g/mol. The molecule has 2 aromatic carbocycles. The molecule has 8 heteroatoms. The molecule has 0 aromatic heterocycles. The molecular weight excluding hydrogens is 302 g/mol. The van der Waals surface area contributed by atoms with Crippen molar-refractivity contribution in [1.82, 2.24) is 10.9 Å². The maximum atomic E-state index is 12.0. The predicted octanol–water partition coefficient (Wildman–Crippen LogP) is 1.68. The lowest BCUT2D eigenvalue weighted by atomic mass is 10.2. The molecule has 0 atom stereocenters. The van der Waals surface area contributed by atoms with Gasteiger partial charge in [0.05, 0.1) is 17.6 Å². The fraction of sp³-hybridized carbons (Fsp3) is 0.0667. The number of non-ortho nitro benzene ring substituents is 1. The van der Waals surface area contributed by atoms with Crippen molar-refractivity contribution in [3.8, 4) is 5.75 Å². The zero-order chi connectivity index (χ0) is 16.8. The van der Waals surface area contributed by atoms with Gasteiger partial charge in [0.2, 0.25) is 0 Å². The van der Waals surface area contributed by atoms with E-state index in [1.165, 1.54) is 31.4 Å². The molecule has 0 aliphatic rings. The topological polar surface area (TPSA) is 111 Å². The first-order chi connectivity index (χ1) is 11.0. The average Bonchev–Trinajstić information content (AvgIpc) is 2.59. The number of nitro groups is 1. The van der Waals surface area contributed by atoms with Crippen LogP contribution in [-0.2, 0) is 0 Å². The molecule has 0 unspecified atom stereocenters. The summed E-state index contributed by atoms with van der Waals surface area (Å²) in [6.45, 7) is 0. The minimum absolute atomic E-state index is 0.125. The van der Waals surface area contributed by atoms with E-state index in [2.05, 4.69) is 10.9 Å². The van der Waals surface area contributed by atoms with Crippen molar-refractivity contribution in [2.75, 3.05) is 7.11 Å². The minimum atomic E-state index is -0.594. The summed E-state index contributed by atoms with van der Waals surface area (Å²) in [4.78, 5) is 33.9. The maximum absolute atomic E-state index is 12.0. The Morgan fingerprint density at radius 2 is 1.61 bits per heavy atom. The lowest BCUT2D eigenvalue weighted by Gasteiger charge is -2.10. The van der Waals surface area contributed by atoms with E-state index >= 15 is 0 Å². The van der Waals surface area contributed by atoms with Crippen LogP contribution >= 0.6 is 0 Å². The van der Waals surface area contributed by atoms with Crippen LogP contribution in [0.5, 0.6) is 5.75 Å². The Labute approximate surface area is 131 Å². The van der Waals surface area contributed by atoms with E-state index in [1.54, 1.807) is 24.3 Å². The second-order valence-corrected chi connectivity index (χ2v) is 4.41. The van der Waals surface area contributed by atoms with Crippen molar-refractivity contribution in [2.45, 2.75) is 0 Å². The van der Waals surface area contributed by atoms with Crippen molar-refractivity contribution < 1.29 is 19.2 Å². The van der Waals surface area contributed by atoms with Gasteiger partial charge in [-0.25, -0.2) is 0 Å². The highest BCUT2D eigenvalue weighted by molar-refractivity contribution is 6.00. The number of nitro benzene ring substituents is 1. The number of methoxy groups -OCH3 is 1. The minimum Gasteiger partial charge on any atom is -0.496 e. The Balaban J connectivity index is 2.01. The lowest BCUT2D eigenvalue weighted by Crippen LogP contribution is -2.41. The predicted molar refractivity (Wildman–Crippen MR) is 81.0 cm³/mol. The number of carbonyl (C=O) groups excluding carboxylic acids is 2. The molecule has 23 heavy (non-hydrogen) atoms. The molecule has 0 radical (unpaired) electrons. The van der Waals surface area contributed by atoms with E-state index in [0.29, 0.717) is 5.75 Å². The second-order valence-electron chi connectivity index (χ2n) is 4.41. The quantitative estimate of drug-likeness (QED) is 0.658. The summed E-state index contributed by atoms with van der Waals surface area (Å²) >= 11 is 0. The summed E-state index contributed by atoms with van der Waals surface area (Å²) in [7, 11) is 1.43. The molecule has 0 heterocycles. The monoisotopic (exact) mass is 315 g/mol. The Morgan fingerprint density at radius 1 is 1.00 bits per heavy atom. The van der Waals surface area contributed by atoms with E-state index in [-0.39, 0.29) is 16.8 Å². The molecule has 2 N–H and O–H groups in total. The van der Waals surface area contributed by atoms with Crippen LogP contribution in [0.25, 0.3) is 0 Å². The number of rotatable bonds is 4. The summed E-state index contributed by atoms with van der Waals surface area (Å²) in [6, 6.07) is 11.5. The van der Waals surface area contributed by atoms with Crippen LogP contribution in [0.2, 0.25) is 0 Å². The molecule has 8 nitrogen and oxygen atoms in total. The molecule has 2 rings (SSSR count). The molecular formula is C15H13N3O5. The van der Waals surface area contributed by atoms with Gasteiger partial charge in [-0.3, -0.25) is 30.6 Å². The van der Waals surface area contributed by atoms with Crippen LogP contribution < -0.4 is 15.6 Å². The number of nitrogens with one attached hydrogen (secondary N) is 2. The van der Waals surface area contributed by atoms with E-state index < -0.39 is 16.7 Å². The van der Waals surface area contributed by atoms with Crippen molar-refractivity contribution in [2.24, 2.45) is 0 Å². The third kappa shape index (κ3) is 3.82. The van der Waals surface area contributed by atoms with Gasteiger partial charge in [0.1, 0.15) is 5.75 Å². The van der Waals surface area contributed by atoms with Crippen LogP contribution in [0.1, 0.15) is 20.7 Å². The fourth-order valence-corrected chi connectivity index (χ4v) is 1.82. The van der Waals surface area contributed by atoms with Gasteiger partial charge in [0.25, 0.3) is 17.5 Å². The number of amides is 2. The molecule has 0 aliphatic heterocycles. The summed E-state index contributed by atoms with van der Waals surface area (Å²) in [5, 5.41) is 10.6. The van der Waals surface area contributed by atoms with Gasteiger partial charge < -0.3 is 4.74 Å². The summed E-state index contributed by atoms with van der Waals surface area (Å²) in [6.07, 6.45) is 0. The Bertz CT molecular complexity index is 743. The third-order valence-electron chi connectivity index (χ3n) is 2.98. The summed E-state index contributed by atoms with van der Waals surface area (Å²) in [5.74, 6) is -0.768. The number of hydrogen-bond donors (Lipinski definition) is 2. The molecule has 0 saturated carbocycles. The van der Waals surface area contributed by atoms with Crippen LogP contribution in [0.15, 0.2) is 48.5 Å². The number of carbonyl (C=O) groups is 2. The van der Waals surface area contributed by atoms with Crippen LogP contribution in [0.4, 0.5) is 5.69 Å². The number of benzene rings is 2. The van der Waals surface area contributed by atoms with Crippen LogP contribution in [0, 0.1) is 10.1 Å². The van der Waals surface area contributed by atoms with Crippen LogP contribution in [-0.4, -0.2) is 23.8 Å². The summed E-state index contributed by atoms with van der Waals surface area (Å²) in [5.41, 5.74) is 4.80. The van der Waals surface area contributed by atoms with Crippen molar-refractivity contribution >= 4 is 17.5 Å². The zero-order valence-corrected chi connectivity index (χ0v) is 12.1. The SMILES string of the molecule is COc1ccccc1C(=O)NNC(=O)c1ccc([N+](=O)[O-])cc1. The number of hydrazine groups is 1. The zero-order valence-electron chi connectivity index (χ0n) is 12.1. The number of nitrogens with zero attached hydrogens (tertiary/aromatic N) is 1. The first-order valence-corrected chi connectivity index (χ1v) is 6.51. The van der Waals surface area contributed by atoms with Crippen molar-refractivity contribution in [3.05, 3.63) is 69.8 Å². The Morgan fingerprint density at radius 3 is 2.22 bits per heavy atom. The highest BCUT2D eigenvalue weighted by Gasteiger charge is 2.13. The number of ether oxygens (including phenoxy) is 1. The first kappa shape index (κ1) is 16.0. The fourth-order valence-electron chi connectivity index (χ4n) is 1.82. The smallest absolute Gasteiger partial charge is 0.273 e. The highest BCUT2D eigenvalue weighted by Crippen LogP contribution is 2.16. The van der Waals surface area contributed by atoms with Gasteiger partial charge >= 0.3 is 0 Å². The van der Waals surface area contributed by atoms with E-state index in [0.717, 1.165) is 0 Å². The van der Waals surface area contributed by atoms with Gasteiger partial charge in [-0.15, -0.1) is 0 Å². The van der Waals surface area contributed by atoms with Crippen molar-refractivity contribution in [1.29, 1.82) is 0 Å². The third-order valence-corrected chi connectivity index (χ3v) is 2.98. The number of para-hydroxylation sites is 1. The van der Waals surface area contributed by atoms with E-state index in [4.69, 9.17) is 4.74 Å². The largest absolute Gasteiger partial charge is 0.496 e. The summed E-state index contributed by atoms with van der Waals surface area (Å²) < 4.78 is 5.06. The maximum Gasteiger partial charge on any atom is 0.273 e. The van der Waals surface area contributed by atoms with Gasteiger partial charge in [-0.2, -0.15) is 0 Å². The van der Waals surface area contributed by atoms with Gasteiger partial charge in [-0.1, -0.05) is 12.1 Å². The molecule has 0 spiro atoms. The molecule has 0 aliphatic carbocycles.